The standard InChI is InChI=1S/C19H19F3N2O3S/c20-15-5-3-13(4-6-15)12-28(26,27)24-9-1-2-14(11-24)19(25)23-16-7-8-17(21)18(22)10-16/h3-8,10,14H,1-2,9,11-12H2,(H,23,25)/t14-/m1/s1. The summed E-state index contributed by atoms with van der Waals surface area (Å²) in [5.74, 6) is -3.89. The van der Waals surface area contributed by atoms with Gasteiger partial charge in [0.15, 0.2) is 11.6 Å². The third-order valence-electron chi connectivity index (χ3n) is 4.60. The lowest BCUT2D eigenvalue weighted by Gasteiger charge is -2.31. The molecular weight excluding hydrogens is 393 g/mol. The first-order valence-electron chi connectivity index (χ1n) is 8.73. The Hall–Kier alpha value is -2.39. The van der Waals surface area contributed by atoms with Gasteiger partial charge in [0, 0.05) is 24.8 Å². The fraction of sp³-hybridized carbons (Fsp3) is 0.316. The Morgan fingerprint density at radius 1 is 1.07 bits per heavy atom. The van der Waals surface area contributed by atoms with Gasteiger partial charge in [0.25, 0.3) is 0 Å². The molecule has 1 heterocycles. The van der Waals surface area contributed by atoms with Crippen molar-refractivity contribution in [2.24, 2.45) is 5.92 Å². The quantitative estimate of drug-likeness (QED) is 0.820. The minimum atomic E-state index is -3.68. The van der Waals surface area contributed by atoms with Crippen molar-refractivity contribution in [2.45, 2.75) is 18.6 Å². The monoisotopic (exact) mass is 412 g/mol. The topological polar surface area (TPSA) is 66.5 Å². The normalized spacial score (nSPS) is 18.0. The Morgan fingerprint density at radius 2 is 1.79 bits per heavy atom. The van der Waals surface area contributed by atoms with E-state index in [0.717, 1.165) is 12.1 Å². The van der Waals surface area contributed by atoms with E-state index in [9.17, 15) is 26.4 Å². The fourth-order valence-electron chi connectivity index (χ4n) is 3.11. The molecule has 1 aliphatic heterocycles. The van der Waals surface area contributed by atoms with Gasteiger partial charge in [-0.2, -0.15) is 0 Å². The maximum absolute atomic E-state index is 13.3. The van der Waals surface area contributed by atoms with Crippen LogP contribution in [-0.4, -0.2) is 31.7 Å². The third kappa shape index (κ3) is 4.90. The molecule has 0 unspecified atom stereocenters. The van der Waals surface area contributed by atoms with Crippen LogP contribution in [0.4, 0.5) is 18.9 Å². The van der Waals surface area contributed by atoms with Gasteiger partial charge in [0.05, 0.1) is 11.7 Å². The molecule has 0 saturated carbocycles. The summed E-state index contributed by atoms with van der Waals surface area (Å²) >= 11 is 0. The zero-order chi connectivity index (χ0) is 20.3. The first kappa shape index (κ1) is 20.3. The molecule has 28 heavy (non-hydrogen) atoms. The van der Waals surface area contributed by atoms with Crippen LogP contribution in [0.15, 0.2) is 42.5 Å². The first-order valence-corrected chi connectivity index (χ1v) is 10.3. The maximum Gasteiger partial charge on any atom is 0.228 e. The molecule has 0 radical (unpaired) electrons. The molecule has 1 fully saturated rings. The second-order valence-corrected chi connectivity index (χ2v) is 8.67. The van der Waals surface area contributed by atoms with Crippen LogP contribution in [0.5, 0.6) is 0 Å². The minimum Gasteiger partial charge on any atom is -0.326 e. The molecule has 0 aliphatic carbocycles. The third-order valence-corrected chi connectivity index (χ3v) is 6.41. The summed E-state index contributed by atoms with van der Waals surface area (Å²) in [6.07, 6.45) is 0.983. The second kappa shape index (κ2) is 8.32. The largest absolute Gasteiger partial charge is 0.326 e. The number of rotatable bonds is 5. The number of halogens is 3. The molecule has 2 aromatic rings. The number of nitrogens with zero attached hydrogens (tertiary/aromatic N) is 1. The zero-order valence-corrected chi connectivity index (χ0v) is 15.7. The number of piperidine rings is 1. The van der Waals surface area contributed by atoms with E-state index in [-0.39, 0.29) is 18.0 Å². The van der Waals surface area contributed by atoms with E-state index in [2.05, 4.69) is 5.32 Å². The molecule has 3 rings (SSSR count). The van der Waals surface area contributed by atoms with Crippen LogP contribution in [0.1, 0.15) is 18.4 Å². The Kier molecular flexibility index (Phi) is 6.04. The number of benzene rings is 2. The molecule has 9 heteroatoms. The number of amides is 1. The summed E-state index contributed by atoms with van der Waals surface area (Å²) in [6, 6.07) is 8.22. The second-order valence-electron chi connectivity index (χ2n) is 6.70. The van der Waals surface area contributed by atoms with E-state index < -0.39 is 39.3 Å². The van der Waals surface area contributed by atoms with Crippen LogP contribution < -0.4 is 5.32 Å². The Labute approximate surface area is 161 Å². The van der Waals surface area contributed by atoms with Gasteiger partial charge in [0.1, 0.15) is 5.82 Å². The molecule has 1 aliphatic rings. The SMILES string of the molecule is O=C(Nc1ccc(F)c(F)c1)[C@@H]1CCCN(S(=O)(=O)Cc2ccc(F)cc2)C1. The number of hydrogen-bond donors (Lipinski definition) is 1. The molecule has 5 nitrogen and oxygen atoms in total. The van der Waals surface area contributed by atoms with Crippen LogP contribution in [0.2, 0.25) is 0 Å². The van der Waals surface area contributed by atoms with Crippen LogP contribution in [0.25, 0.3) is 0 Å². The van der Waals surface area contributed by atoms with Gasteiger partial charge in [-0.1, -0.05) is 12.1 Å². The summed E-state index contributed by atoms with van der Waals surface area (Å²) in [5, 5.41) is 2.50. The Balaban J connectivity index is 1.66. The molecule has 1 amide bonds. The zero-order valence-electron chi connectivity index (χ0n) is 14.9. The van der Waals surface area contributed by atoms with E-state index in [1.807, 2.05) is 0 Å². The fourth-order valence-corrected chi connectivity index (χ4v) is 4.72. The highest BCUT2D eigenvalue weighted by Gasteiger charge is 2.32. The average Bonchev–Trinajstić information content (AvgIpc) is 2.66. The number of anilines is 1. The Morgan fingerprint density at radius 3 is 2.46 bits per heavy atom. The average molecular weight is 412 g/mol. The number of nitrogens with one attached hydrogen (secondary N) is 1. The van der Waals surface area contributed by atoms with Crippen molar-refractivity contribution in [1.82, 2.24) is 4.31 Å². The molecule has 0 bridgehead atoms. The van der Waals surface area contributed by atoms with Gasteiger partial charge in [0.2, 0.25) is 15.9 Å². The van der Waals surface area contributed by atoms with E-state index in [4.69, 9.17) is 0 Å². The molecule has 0 spiro atoms. The van der Waals surface area contributed by atoms with E-state index in [0.29, 0.717) is 24.9 Å². The number of carbonyl (C=O) groups is 1. The van der Waals surface area contributed by atoms with E-state index >= 15 is 0 Å². The van der Waals surface area contributed by atoms with Gasteiger partial charge < -0.3 is 5.32 Å². The lowest BCUT2D eigenvalue weighted by molar-refractivity contribution is -0.120. The van der Waals surface area contributed by atoms with Crippen molar-refractivity contribution in [1.29, 1.82) is 0 Å². The number of carbonyl (C=O) groups excluding carboxylic acids is 1. The van der Waals surface area contributed by atoms with Crippen molar-refractivity contribution < 1.29 is 26.4 Å². The van der Waals surface area contributed by atoms with Crippen molar-refractivity contribution >= 4 is 21.6 Å². The number of hydrogen-bond acceptors (Lipinski definition) is 3. The van der Waals surface area contributed by atoms with Crippen molar-refractivity contribution in [3.8, 4) is 0 Å². The summed E-state index contributed by atoms with van der Waals surface area (Å²) < 4.78 is 65.8. The highest BCUT2D eigenvalue weighted by molar-refractivity contribution is 7.88. The lowest BCUT2D eigenvalue weighted by atomic mass is 9.98. The van der Waals surface area contributed by atoms with Gasteiger partial charge >= 0.3 is 0 Å². The van der Waals surface area contributed by atoms with Crippen LogP contribution >= 0.6 is 0 Å². The van der Waals surface area contributed by atoms with Crippen LogP contribution in [0.3, 0.4) is 0 Å². The number of sulfonamides is 1. The predicted octanol–water partition coefficient (Wildman–Crippen LogP) is 3.28. The van der Waals surface area contributed by atoms with Crippen molar-refractivity contribution in [2.75, 3.05) is 18.4 Å². The van der Waals surface area contributed by atoms with Crippen LogP contribution in [-0.2, 0) is 20.6 Å². The highest BCUT2D eigenvalue weighted by atomic mass is 32.2. The van der Waals surface area contributed by atoms with Gasteiger partial charge in [-0.05, 0) is 42.7 Å². The van der Waals surface area contributed by atoms with E-state index in [1.54, 1.807) is 0 Å². The first-order chi connectivity index (χ1) is 13.2. The minimum absolute atomic E-state index is 0.000954. The molecule has 1 N–H and O–H groups in total. The molecular formula is C19H19F3N2O3S. The molecule has 1 saturated heterocycles. The molecule has 150 valence electrons. The summed E-state index contributed by atoms with van der Waals surface area (Å²) in [6.45, 7) is 0.289. The van der Waals surface area contributed by atoms with Crippen LogP contribution in [0, 0.1) is 23.4 Å². The lowest BCUT2D eigenvalue weighted by Crippen LogP contribution is -2.44. The van der Waals surface area contributed by atoms with Gasteiger partial charge in [-0.3, -0.25) is 4.79 Å². The Bertz CT molecular complexity index is 965. The summed E-state index contributed by atoms with van der Waals surface area (Å²) in [7, 11) is -3.68. The summed E-state index contributed by atoms with van der Waals surface area (Å²) in [4.78, 5) is 12.4. The van der Waals surface area contributed by atoms with Gasteiger partial charge in [-0.15, -0.1) is 0 Å². The molecule has 0 aromatic heterocycles. The molecule has 2 aromatic carbocycles. The summed E-state index contributed by atoms with van der Waals surface area (Å²) in [5.41, 5.74) is 0.560. The smallest absolute Gasteiger partial charge is 0.228 e. The van der Waals surface area contributed by atoms with Crippen molar-refractivity contribution in [3.63, 3.8) is 0 Å². The highest BCUT2D eigenvalue weighted by Crippen LogP contribution is 2.23. The molecule has 1 atom stereocenters. The predicted molar refractivity (Wildman–Crippen MR) is 98.3 cm³/mol. The van der Waals surface area contributed by atoms with Crippen molar-refractivity contribution in [3.05, 3.63) is 65.5 Å². The van der Waals surface area contributed by atoms with Gasteiger partial charge in [-0.25, -0.2) is 25.9 Å². The maximum atomic E-state index is 13.3. The van der Waals surface area contributed by atoms with E-state index in [1.165, 1.54) is 34.6 Å².